The SMILES string of the molecule is Cc1cc(C)c(OCC(=O)Nc2ccc3nn(-c4ccccc4)nc3c2)c(Br)c1. The first-order chi connectivity index (χ1) is 14.0. The number of hydrogen-bond acceptors (Lipinski definition) is 4. The van der Waals surface area contributed by atoms with E-state index < -0.39 is 0 Å². The van der Waals surface area contributed by atoms with Gasteiger partial charge in [0.05, 0.1) is 10.2 Å². The number of anilines is 1. The summed E-state index contributed by atoms with van der Waals surface area (Å²) in [7, 11) is 0. The van der Waals surface area contributed by atoms with Gasteiger partial charge in [-0.1, -0.05) is 24.3 Å². The summed E-state index contributed by atoms with van der Waals surface area (Å²) in [6, 6.07) is 19.1. The number of nitrogens with zero attached hydrogens (tertiary/aromatic N) is 3. The Kier molecular flexibility index (Phi) is 5.31. The fraction of sp³-hybridized carbons (Fsp3) is 0.136. The van der Waals surface area contributed by atoms with Crippen molar-refractivity contribution in [2.45, 2.75) is 13.8 Å². The quantitative estimate of drug-likeness (QED) is 0.473. The second-order valence-electron chi connectivity index (χ2n) is 6.76. The average molecular weight is 451 g/mol. The first-order valence-electron chi connectivity index (χ1n) is 9.11. The molecule has 0 atom stereocenters. The zero-order valence-corrected chi connectivity index (χ0v) is 17.6. The minimum absolute atomic E-state index is 0.0861. The summed E-state index contributed by atoms with van der Waals surface area (Å²) in [5, 5.41) is 11.8. The highest BCUT2D eigenvalue weighted by Gasteiger charge is 2.11. The molecule has 146 valence electrons. The van der Waals surface area contributed by atoms with Crippen LogP contribution in [0.25, 0.3) is 16.7 Å². The number of halogens is 1. The van der Waals surface area contributed by atoms with Gasteiger partial charge in [0.2, 0.25) is 0 Å². The summed E-state index contributed by atoms with van der Waals surface area (Å²) in [5.41, 5.74) is 5.08. The van der Waals surface area contributed by atoms with E-state index in [-0.39, 0.29) is 12.5 Å². The lowest BCUT2D eigenvalue weighted by molar-refractivity contribution is -0.118. The van der Waals surface area contributed by atoms with Crippen LogP contribution in [-0.2, 0) is 4.79 Å². The van der Waals surface area contributed by atoms with Gasteiger partial charge in [-0.15, -0.1) is 10.2 Å². The molecule has 1 heterocycles. The van der Waals surface area contributed by atoms with Gasteiger partial charge in [0.25, 0.3) is 5.91 Å². The molecule has 0 radical (unpaired) electrons. The van der Waals surface area contributed by atoms with Gasteiger partial charge in [0, 0.05) is 5.69 Å². The zero-order valence-electron chi connectivity index (χ0n) is 16.0. The number of benzene rings is 3. The molecule has 1 amide bonds. The van der Waals surface area contributed by atoms with E-state index in [4.69, 9.17) is 4.74 Å². The second-order valence-corrected chi connectivity index (χ2v) is 7.61. The second kappa shape index (κ2) is 8.05. The van der Waals surface area contributed by atoms with Crippen LogP contribution in [0, 0.1) is 13.8 Å². The van der Waals surface area contributed by atoms with E-state index in [1.165, 1.54) is 0 Å². The lowest BCUT2D eigenvalue weighted by Crippen LogP contribution is -2.20. The van der Waals surface area contributed by atoms with E-state index >= 15 is 0 Å². The molecule has 0 bridgehead atoms. The maximum Gasteiger partial charge on any atom is 0.262 e. The van der Waals surface area contributed by atoms with Crippen molar-refractivity contribution in [3.05, 3.63) is 76.3 Å². The number of aromatic nitrogens is 3. The summed E-state index contributed by atoms with van der Waals surface area (Å²) in [6.07, 6.45) is 0. The van der Waals surface area contributed by atoms with Gasteiger partial charge in [-0.3, -0.25) is 4.79 Å². The van der Waals surface area contributed by atoms with E-state index in [9.17, 15) is 4.79 Å². The molecule has 0 saturated heterocycles. The molecule has 0 aliphatic rings. The molecule has 7 heteroatoms. The van der Waals surface area contributed by atoms with E-state index in [0.717, 1.165) is 26.8 Å². The summed E-state index contributed by atoms with van der Waals surface area (Å²) in [5.74, 6) is 0.429. The summed E-state index contributed by atoms with van der Waals surface area (Å²) in [4.78, 5) is 13.9. The predicted octanol–water partition coefficient (Wildman–Crippen LogP) is 4.82. The van der Waals surface area contributed by atoms with Crippen molar-refractivity contribution >= 4 is 38.6 Å². The van der Waals surface area contributed by atoms with Gasteiger partial charge < -0.3 is 10.1 Å². The highest BCUT2D eigenvalue weighted by molar-refractivity contribution is 9.10. The van der Waals surface area contributed by atoms with Crippen molar-refractivity contribution in [2.75, 3.05) is 11.9 Å². The topological polar surface area (TPSA) is 69.0 Å². The number of para-hydroxylation sites is 1. The van der Waals surface area contributed by atoms with Crippen LogP contribution >= 0.6 is 15.9 Å². The molecule has 0 fully saturated rings. The smallest absolute Gasteiger partial charge is 0.262 e. The molecule has 3 aromatic carbocycles. The maximum absolute atomic E-state index is 12.3. The van der Waals surface area contributed by atoms with E-state index in [1.807, 2.05) is 62.4 Å². The van der Waals surface area contributed by atoms with Crippen molar-refractivity contribution in [3.63, 3.8) is 0 Å². The standard InChI is InChI=1S/C22H19BrN4O2/c1-14-10-15(2)22(18(23)11-14)29-13-21(28)24-16-8-9-19-20(12-16)26-27(25-19)17-6-4-3-5-7-17/h3-12H,13H2,1-2H3,(H,24,28). The number of amides is 1. The number of carbonyl (C=O) groups is 1. The van der Waals surface area contributed by atoms with E-state index in [2.05, 4.69) is 31.4 Å². The molecule has 0 aliphatic heterocycles. The minimum atomic E-state index is -0.244. The Labute approximate surface area is 176 Å². The average Bonchev–Trinajstić information content (AvgIpc) is 3.11. The molecular weight excluding hydrogens is 432 g/mol. The molecule has 29 heavy (non-hydrogen) atoms. The Balaban J connectivity index is 1.46. The Morgan fingerprint density at radius 3 is 2.55 bits per heavy atom. The van der Waals surface area contributed by atoms with Crippen LogP contribution in [0.4, 0.5) is 5.69 Å². The summed E-state index contributed by atoms with van der Waals surface area (Å²) >= 11 is 3.49. The minimum Gasteiger partial charge on any atom is -0.482 e. The van der Waals surface area contributed by atoms with Gasteiger partial charge in [0.15, 0.2) is 6.61 Å². The number of rotatable bonds is 5. The third-order valence-electron chi connectivity index (χ3n) is 4.37. The lowest BCUT2D eigenvalue weighted by atomic mass is 10.1. The molecular formula is C22H19BrN4O2. The Morgan fingerprint density at radius 2 is 1.79 bits per heavy atom. The van der Waals surface area contributed by atoms with Crippen LogP contribution in [0.1, 0.15) is 11.1 Å². The molecule has 6 nitrogen and oxygen atoms in total. The number of hydrogen-bond donors (Lipinski definition) is 1. The van der Waals surface area contributed by atoms with Crippen molar-refractivity contribution in [2.24, 2.45) is 0 Å². The first kappa shape index (κ1) is 19.1. The summed E-state index contributed by atoms with van der Waals surface area (Å²) in [6.45, 7) is 3.88. The third kappa shape index (κ3) is 4.30. The molecule has 1 aromatic heterocycles. The van der Waals surface area contributed by atoms with E-state index in [0.29, 0.717) is 17.0 Å². The van der Waals surface area contributed by atoms with Crippen LogP contribution in [0.3, 0.4) is 0 Å². The molecule has 4 aromatic rings. The molecule has 4 rings (SSSR count). The molecule has 0 unspecified atom stereocenters. The number of ether oxygens (including phenoxy) is 1. The molecule has 0 spiro atoms. The number of carbonyl (C=O) groups excluding carboxylic acids is 1. The van der Waals surface area contributed by atoms with Crippen molar-refractivity contribution < 1.29 is 9.53 Å². The van der Waals surface area contributed by atoms with Gasteiger partial charge in [0.1, 0.15) is 16.8 Å². The van der Waals surface area contributed by atoms with Crippen LogP contribution in [-0.4, -0.2) is 27.5 Å². The third-order valence-corrected chi connectivity index (χ3v) is 4.96. The normalized spacial score (nSPS) is 10.9. The van der Waals surface area contributed by atoms with Gasteiger partial charge in [-0.05, 0) is 77.3 Å². The Hall–Kier alpha value is -3.19. The van der Waals surface area contributed by atoms with Crippen molar-refractivity contribution in [3.8, 4) is 11.4 Å². The number of fused-ring (bicyclic) bond motifs is 1. The van der Waals surface area contributed by atoms with E-state index in [1.54, 1.807) is 16.9 Å². The Bertz CT molecular complexity index is 1170. The summed E-state index contributed by atoms with van der Waals surface area (Å²) < 4.78 is 6.55. The van der Waals surface area contributed by atoms with Gasteiger partial charge in [-0.25, -0.2) is 0 Å². The van der Waals surface area contributed by atoms with Crippen LogP contribution < -0.4 is 10.1 Å². The number of aryl methyl sites for hydroxylation is 2. The largest absolute Gasteiger partial charge is 0.482 e. The van der Waals surface area contributed by atoms with Crippen molar-refractivity contribution in [1.29, 1.82) is 0 Å². The lowest BCUT2D eigenvalue weighted by Gasteiger charge is -2.12. The predicted molar refractivity (Wildman–Crippen MR) is 117 cm³/mol. The highest BCUT2D eigenvalue weighted by Crippen LogP contribution is 2.30. The van der Waals surface area contributed by atoms with Crippen LogP contribution in [0.5, 0.6) is 5.75 Å². The monoisotopic (exact) mass is 450 g/mol. The van der Waals surface area contributed by atoms with Crippen LogP contribution in [0.15, 0.2) is 65.1 Å². The highest BCUT2D eigenvalue weighted by atomic mass is 79.9. The fourth-order valence-electron chi connectivity index (χ4n) is 3.09. The van der Waals surface area contributed by atoms with Crippen LogP contribution in [0.2, 0.25) is 0 Å². The zero-order chi connectivity index (χ0) is 20.4. The molecule has 1 N–H and O–H groups in total. The van der Waals surface area contributed by atoms with Gasteiger partial charge in [-0.2, -0.15) is 4.80 Å². The number of nitrogens with one attached hydrogen (secondary N) is 1. The fourth-order valence-corrected chi connectivity index (χ4v) is 3.88. The first-order valence-corrected chi connectivity index (χ1v) is 9.91. The van der Waals surface area contributed by atoms with Crippen molar-refractivity contribution in [1.82, 2.24) is 15.0 Å². The molecule has 0 aliphatic carbocycles. The Morgan fingerprint density at radius 1 is 1.03 bits per heavy atom. The maximum atomic E-state index is 12.3. The van der Waals surface area contributed by atoms with Gasteiger partial charge >= 0.3 is 0 Å². The molecule has 0 saturated carbocycles.